The second-order valence-corrected chi connectivity index (χ2v) is 9.57. The second-order valence-electron chi connectivity index (χ2n) is 7.76. The summed E-state index contributed by atoms with van der Waals surface area (Å²) < 4.78 is 42.7. The van der Waals surface area contributed by atoms with Crippen LogP contribution in [0.25, 0.3) is 11.3 Å². The van der Waals surface area contributed by atoms with Gasteiger partial charge in [-0.25, -0.2) is 16.8 Å². The number of hydrogen-bond acceptors (Lipinski definition) is 4. The molecule has 1 saturated heterocycles. The van der Waals surface area contributed by atoms with Crippen molar-refractivity contribution in [3.63, 3.8) is 0 Å². The third-order valence-electron chi connectivity index (χ3n) is 5.25. The molecule has 1 fully saturated rings. The maximum absolute atomic E-state index is 14.5. The van der Waals surface area contributed by atoms with Gasteiger partial charge in [0.15, 0.2) is 0 Å². The monoisotopic (exact) mass is 437 g/mol. The van der Waals surface area contributed by atoms with E-state index in [-0.39, 0.29) is 16.2 Å². The van der Waals surface area contributed by atoms with Crippen LogP contribution in [-0.4, -0.2) is 44.5 Å². The lowest BCUT2D eigenvalue weighted by Gasteiger charge is -2.32. The Hall–Kier alpha value is -2.92. The molecule has 3 aromatic rings. The summed E-state index contributed by atoms with van der Waals surface area (Å²) in [5, 5.41) is 3.01. The van der Waals surface area contributed by atoms with E-state index in [0.717, 1.165) is 22.6 Å². The second kappa shape index (κ2) is 8.67. The van der Waals surface area contributed by atoms with Crippen molar-refractivity contribution in [2.45, 2.75) is 11.4 Å². The fourth-order valence-corrected chi connectivity index (χ4v) is 5.12. The first kappa shape index (κ1) is 21.3. The van der Waals surface area contributed by atoms with Crippen LogP contribution in [0.2, 0.25) is 0 Å². The average Bonchev–Trinajstić information content (AvgIpc) is 3.16. The Bertz CT molecular complexity index is 1270. The smallest absolute Gasteiger partial charge is 0.268 e. The predicted octanol–water partition coefficient (Wildman–Crippen LogP) is 3.16. The summed E-state index contributed by atoms with van der Waals surface area (Å²) in [6, 6.07) is 14.5. The number of likely N-dealkylation sites (tertiary alicyclic amines) is 1. The first-order chi connectivity index (χ1) is 14.9. The molecule has 0 radical (unpaired) electrons. The van der Waals surface area contributed by atoms with Crippen LogP contribution in [0, 0.1) is 23.6 Å². The zero-order valence-electron chi connectivity index (χ0n) is 17.5. The SMILES string of the molecule is CNCc1cc(-c2ccccc2F)n(S(=O)(=O)c2cccc(C#CC3CN(C)C3)c2)c1. The highest BCUT2D eigenvalue weighted by atomic mass is 32.2. The molecule has 0 aliphatic carbocycles. The molecule has 5 nitrogen and oxygen atoms in total. The Morgan fingerprint density at radius 3 is 2.61 bits per heavy atom. The number of halogens is 1. The van der Waals surface area contributed by atoms with E-state index in [1.807, 2.05) is 7.05 Å². The van der Waals surface area contributed by atoms with Gasteiger partial charge in [0, 0.05) is 42.9 Å². The van der Waals surface area contributed by atoms with Gasteiger partial charge < -0.3 is 10.2 Å². The molecule has 0 atom stereocenters. The largest absolute Gasteiger partial charge is 0.316 e. The van der Waals surface area contributed by atoms with Gasteiger partial charge in [0.2, 0.25) is 0 Å². The minimum absolute atomic E-state index is 0.120. The molecule has 31 heavy (non-hydrogen) atoms. The summed E-state index contributed by atoms with van der Waals surface area (Å²) >= 11 is 0. The summed E-state index contributed by atoms with van der Waals surface area (Å²) in [6.45, 7) is 2.31. The minimum Gasteiger partial charge on any atom is -0.316 e. The number of benzene rings is 2. The van der Waals surface area contributed by atoms with Gasteiger partial charge in [-0.05, 0) is 56.1 Å². The van der Waals surface area contributed by atoms with Gasteiger partial charge in [-0.15, -0.1) is 0 Å². The molecule has 1 N–H and O–H groups in total. The summed E-state index contributed by atoms with van der Waals surface area (Å²) in [6.07, 6.45) is 1.54. The Kier molecular flexibility index (Phi) is 5.96. The van der Waals surface area contributed by atoms with E-state index in [0.29, 0.717) is 18.0 Å². The Morgan fingerprint density at radius 2 is 1.90 bits per heavy atom. The third kappa shape index (κ3) is 4.42. The van der Waals surface area contributed by atoms with Crippen LogP contribution in [0.5, 0.6) is 0 Å². The van der Waals surface area contributed by atoms with Crippen molar-refractivity contribution in [1.29, 1.82) is 0 Å². The third-order valence-corrected chi connectivity index (χ3v) is 6.92. The Morgan fingerprint density at radius 1 is 1.13 bits per heavy atom. The Balaban J connectivity index is 1.75. The van der Waals surface area contributed by atoms with Crippen molar-refractivity contribution in [1.82, 2.24) is 14.2 Å². The van der Waals surface area contributed by atoms with Gasteiger partial charge in [-0.3, -0.25) is 0 Å². The quantitative estimate of drug-likeness (QED) is 0.623. The molecular formula is C24H24FN3O2S. The van der Waals surface area contributed by atoms with Crippen molar-refractivity contribution in [2.75, 3.05) is 27.2 Å². The van der Waals surface area contributed by atoms with Crippen LogP contribution in [-0.2, 0) is 16.6 Å². The van der Waals surface area contributed by atoms with E-state index in [1.165, 1.54) is 12.3 Å². The maximum Gasteiger partial charge on any atom is 0.268 e. The minimum atomic E-state index is -3.95. The van der Waals surface area contributed by atoms with Crippen LogP contribution < -0.4 is 5.32 Å². The fraction of sp³-hybridized carbons (Fsp3) is 0.250. The molecule has 0 spiro atoms. The molecule has 160 valence electrons. The lowest BCUT2D eigenvalue weighted by molar-refractivity contribution is 0.177. The summed E-state index contributed by atoms with van der Waals surface area (Å²) in [7, 11) is -0.133. The molecule has 0 amide bonds. The highest BCUT2D eigenvalue weighted by Gasteiger charge is 2.24. The summed E-state index contributed by atoms with van der Waals surface area (Å²) in [4.78, 5) is 2.30. The van der Waals surface area contributed by atoms with Gasteiger partial charge in [0.05, 0.1) is 10.6 Å². The topological polar surface area (TPSA) is 54.3 Å². The van der Waals surface area contributed by atoms with Crippen molar-refractivity contribution >= 4 is 10.0 Å². The number of hydrogen-bond donors (Lipinski definition) is 1. The molecule has 2 heterocycles. The molecule has 7 heteroatoms. The van der Waals surface area contributed by atoms with E-state index in [9.17, 15) is 12.8 Å². The van der Waals surface area contributed by atoms with Crippen LogP contribution in [0.3, 0.4) is 0 Å². The maximum atomic E-state index is 14.5. The number of nitrogens with zero attached hydrogens (tertiary/aromatic N) is 2. The lowest BCUT2D eigenvalue weighted by Crippen LogP contribution is -2.42. The molecule has 2 aromatic carbocycles. The standard InChI is InChI=1S/C24H24FN3O2S/c1-26-14-20-13-24(22-8-3-4-9-23(22)25)28(17-20)31(29,30)21-7-5-6-18(12-21)10-11-19-15-27(2)16-19/h3-9,12-13,17,19,26H,14-16H2,1-2H3. The first-order valence-electron chi connectivity index (χ1n) is 10.0. The van der Waals surface area contributed by atoms with E-state index in [4.69, 9.17) is 0 Å². The molecule has 0 unspecified atom stereocenters. The fourth-order valence-electron chi connectivity index (χ4n) is 3.69. The molecular weight excluding hydrogens is 413 g/mol. The van der Waals surface area contributed by atoms with Crippen molar-refractivity contribution in [3.05, 3.63) is 77.7 Å². The van der Waals surface area contributed by atoms with Crippen LogP contribution in [0.1, 0.15) is 11.1 Å². The van der Waals surface area contributed by atoms with Crippen LogP contribution >= 0.6 is 0 Å². The van der Waals surface area contributed by atoms with E-state index in [1.54, 1.807) is 55.6 Å². The van der Waals surface area contributed by atoms with E-state index in [2.05, 4.69) is 22.1 Å². The van der Waals surface area contributed by atoms with Crippen molar-refractivity contribution in [2.24, 2.45) is 5.92 Å². The number of rotatable bonds is 5. The molecule has 4 rings (SSSR count). The van der Waals surface area contributed by atoms with E-state index < -0.39 is 15.8 Å². The Labute approximate surface area is 182 Å². The number of nitrogens with one attached hydrogen (secondary N) is 1. The zero-order valence-corrected chi connectivity index (χ0v) is 18.3. The van der Waals surface area contributed by atoms with Crippen molar-refractivity contribution in [3.8, 4) is 23.1 Å². The molecule has 1 aliphatic heterocycles. The molecule has 0 bridgehead atoms. The van der Waals surface area contributed by atoms with E-state index >= 15 is 0 Å². The summed E-state index contributed by atoms with van der Waals surface area (Å²) in [5.41, 5.74) is 1.91. The molecule has 0 saturated carbocycles. The first-order valence-corrected chi connectivity index (χ1v) is 11.5. The van der Waals surface area contributed by atoms with Gasteiger partial charge in [0.25, 0.3) is 10.0 Å². The van der Waals surface area contributed by atoms with Crippen molar-refractivity contribution < 1.29 is 12.8 Å². The predicted molar refractivity (Wildman–Crippen MR) is 119 cm³/mol. The average molecular weight is 438 g/mol. The zero-order chi connectivity index (χ0) is 22.0. The lowest BCUT2D eigenvalue weighted by atomic mass is 10.0. The van der Waals surface area contributed by atoms with Crippen LogP contribution in [0.4, 0.5) is 4.39 Å². The van der Waals surface area contributed by atoms with Gasteiger partial charge in [-0.1, -0.05) is 30.0 Å². The van der Waals surface area contributed by atoms with Gasteiger partial charge >= 0.3 is 0 Å². The molecule has 1 aliphatic rings. The highest BCUT2D eigenvalue weighted by Crippen LogP contribution is 2.29. The van der Waals surface area contributed by atoms with Crippen LogP contribution in [0.15, 0.2) is 65.7 Å². The summed E-state index contributed by atoms with van der Waals surface area (Å²) in [5.74, 6) is 6.13. The number of aromatic nitrogens is 1. The highest BCUT2D eigenvalue weighted by molar-refractivity contribution is 7.90. The normalized spacial score (nSPS) is 14.7. The molecule has 1 aromatic heterocycles. The van der Waals surface area contributed by atoms with Gasteiger partial charge in [0.1, 0.15) is 5.82 Å². The van der Waals surface area contributed by atoms with Gasteiger partial charge in [-0.2, -0.15) is 0 Å².